The summed E-state index contributed by atoms with van der Waals surface area (Å²) in [5, 5.41) is 0. The molecule has 42 heavy (non-hydrogen) atoms. The van der Waals surface area contributed by atoms with E-state index in [0.717, 1.165) is 28.5 Å². The topological polar surface area (TPSA) is 64.5 Å². The molecule has 3 heterocycles. The molecule has 0 atom stereocenters. The summed E-state index contributed by atoms with van der Waals surface area (Å²) >= 11 is 0. The van der Waals surface area contributed by atoms with Crippen LogP contribution in [-0.2, 0) is 0 Å². The molecule has 0 N–H and O–H groups in total. The Morgan fingerprint density at radius 2 is 1.02 bits per heavy atom. The quantitative estimate of drug-likeness (QED) is 0.245. The monoisotopic (exact) mass is 569 g/mol. The van der Waals surface area contributed by atoms with Gasteiger partial charge in [0.25, 0.3) is 0 Å². The van der Waals surface area contributed by atoms with Gasteiger partial charge < -0.3 is 0 Å². The van der Waals surface area contributed by atoms with Crippen molar-refractivity contribution in [1.29, 1.82) is 0 Å². The third kappa shape index (κ3) is 13.0. The second kappa shape index (κ2) is 18.1. The van der Waals surface area contributed by atoms with Gasteiger partial charge in [-0.15, -0.1) is 0 Å². The Balaban J connectivity index is 0.000000280. The van der Waals surface area contributed by atoms with Gasteiger partial charge in [-0.1, -0.05) is 85.7 Å². The lowest BCUT2D eigenvalue weighted by Crippen LogP contribution is -2.00. The lowest BCUT2D eigenvalue weighted by Gasteiger charge is -2.07. The molecule has 1 aromatic carbocycles. The summed E-state index contributed by atoms with van der Waals surface area (Å²) in [5.41, 5.74) is 10.9. The molecular weight excluding hydrogens is 514 g/mol. The van der Waals surface area contributed by atoms with E-state index in [2.05, 4.69) is 131 Å². The standard InChI is InChI=1S/C10H15N.C10H14.C9H14N2.C8H12N2/c1-7(2)10-9(4)5-8(3)6-11-10;1-8(2)10-7-5-4-6-9(10)3;1-6(2)9-8(4)11-7(3)5-10-9;1-6(2)8-9-4-7(3)5-10-8/h5-7H,1-4H3;4-8H,1-3H3;5-6H,1-4H3;4-6H,1-3H3. The Hall–Kier alpha value is -3.47. The molecular formula is C37H55N5. The molecule has 4 aromatic rings. The van der Waals surface area contributed by atoms with Gasteiger partial charge in [0, 0.05) is 36.4 Å². The van der Waals surface area contributed by atoms with Crippen LogP contribution in [0.2, 0.25) is 0 Å². The molecule has 3 aromatic heterocycles. The summed E-state index contributed by atoms with van der Waals surface area (Å²) in [7, 11) is 0. The van der Waals surface area contributed by atoms with Crippen molar-refractivity contribution in [2.45, 2.75) is 121 Å². The fraction of sp³-hybridized carbons (Fsp3) is 0.486. The molecule has 0 radical (unpaired) electrons. The van der Waals surface area contributed by atoms with Crippen molar-refractivity contribution in [3.05, 3.63) is 112 Å². The van der Waals surface area contributed by atoms with Crippen LogP contribution >= 0.6 is 0 Å². The number of pyridine rings is 1. The zero-order chi connectivity index (χ0) is 32.0. The Kier molecular flexibility index (Phi) is 15.8. The van der Waals surface area contributed by atoms with E-state index in [1.54, 1.807) is 0 Å². The molecule has 0 aliphatic heterocycles. The van der Waals surface area contributed by atoms with Crippen molar-refractivity contribution in [1.82, 2.24) is 24.9 Å². The van der Waals surface area contributed by atoms with Crippen molar-refractivity contribution in [2.75, 3.05) is 0 Å². The minimum Gasteiger partial charge on any atom is -0.260 e. The van der Waals surface area contributed by atoms with Crippen molar-refractivity contribution in [3.63, 3.8) is 0 Å². The average Bonchev–Trinajstić information content (AvgIpc) is 2.89. The lowest BCUT2D eigenvalue weighted by atomic mass is 9.99. The SMILES string of the molecule is Cc1ccccc1C(C)C.Cc1cnc(C(C)C)c(C)c1.Cc1cnc(C(C)C)c(C)n1.Cc1cnc(C(C)C)nc1. The van der Waals surface area contributed by atoms with Crippen LogP contribution in [0.15, 0.2) is 55.1 Å². The van der Waals surface area contributed by atoms with Gasteiger partial charge in [0.05, 0.1) is 17.1 Å². The van der Waals surface area contributed by atoms with E-state index in [4.69, 9.17) is 0 Å². The fourth-order valence-corrected chi connectivity index (χ4v) is 4.44. The van der Waals surface area contributed by atoms with Crippen LogP contribution in [0.1, 0.15) is 135 Å². The maximum atomic E-state index is 4.38. The average molecular weight is 570 g/mol. The summed E-state index contributed by atoms with van der Waals surface area (Å²) in [6, 6.07) is 10.7. The highest BCUT2D eigenvalue weighted by Crippen LogP contribution is 2.18. The first kappa shape index (κ1) is 36.6. The van der Waals surface area contributed by atoms with E-state index in [0.29, 0.717) is 23.7 Å². The number of hydrogen-bond donors (Lipinski definition) is 0. The summed E-state index contributed by atoms with van der Waals surface area (Å²) < 4.78 is 0. The Bertz CT molecular complexity index is 1280. The smallest absolute Gasteiger partial charge is 0.130 e. The Labute approximate surface area is 256 Å². The highest BCUT2D eigenvalue weighted by molar-refractivity contribution is 5.28. The normalized spacial score (nSPS) is 10.5. The van der Waals surface area contributed by atoms with Crippen LogP contribution in [0.5, 0.6) is 0 Å². The highest BCUT2D eigenvalue weighted by atomic mass is 14.9. The summed E-state index contributed by atoms with van der Waals surface area (Å²) in [5.74, 6) is 3.02. The number of rotatable bonds is 4. The first-order chi connectivity index (χ1) is 19.6. The van der Waals surface area contributed by atoms with E-state index >= 15 is 0 Å². The molecule has 0 aliphatic carbocycles. The van der Waals surface area contributed by atoms with Gasteiger partial charge in [-0.25, -0.2) is 9.97 Å². The van der Waals surface area contributed by atoms with E-state index < -0.39 is 0 Å². The molecule has 228 valence electrons. The molecule has 0 saturated carbocycles. The van der Waals surface area contributed by atoms with E-state index in [1.165, 1.54) is 27.9 Å². The fourth-order valence-electron chi connectivity index (χ4n) is 4.44. The molecule has 0 amide bonds. The second-order valence-electron chi connectivity index (χ2n) is 12.3. The predicted molar refractivity (Wildman–Crippen MR) is 180 cm³/mol. The molecule has 0 unspecified atom stereocenters. The molecule has 0 saturated heterocycles. The van der Waals surface area contributed by atoms with Crippen LogP contribution in [0.3, 0.4) is 0 Å². The van der Waals surface area contributed by atoms with Gasteiger partial charge in [0.1, 0.15) is 5.82 Å². The zero-order valence-corrected chi connectivity index (χ0v) is 28.7. The second-order valence-corrected chi connectivity index (χ2v) is 12.3. The lowest BCUT2D eigenvalue weighted by molar-refractivity contribution is 0.771. The summed E-state index contributed by atoms with van der Waals surface area (Å²) in [4.78, 5) is 21.4. The van der Waals surface area contributed by atoms with Gasteiger partial charge in [-0.05, 0) is 87.1 Å². The molecule has 5 nitrogen and oxygen atoms in total. The van der Waals surface area contributed by atoms with E-state index in [9.17, 15) is 0 Å². The van der Waals surface area contributed by atoms with Crippen LogP contribution < -0.4 is 0 Å². The van der Waals surface area contributed by atoms with Crippen molar-refractivity contribution in [3.8, 4) is 0 Å². The highest BCUT2D eigenvalue weighted by Gasteiger charge is 2.05. The first-order valence-corrected chi connectivity index (χ1v) is 15.2. The predicted octanol–water partition coefficient (Wildman–Crippen LogP) is 10.1. The maximum absolute atomic E-state index is 4.38. The van der Waals surface area contributed by atoms with Gasteiger partial charge in [0.15, 0.2) is 0 Å². The van der Waals surface area contributed by atoms with Crippen LogP contribution in [0.4, 0.5) is 0 Å². The van der Waals surface area contributed by atoms with Gasteiger partial charge >= 0.3 is 0 Å². The molecule has 4 rings (SSSR count). The number of aryl methyl sites for hydroxylation is 6. The Morgan fingerprint density at radius 3 is 1.45 bits per heavy atom. The van der Waals surface area contributed by atoms with Gasteiger partial charge in [0.2, 0.25) is 0 Å². The zero-order valence-electron chi connectivity index (χ0n) is 28.7. The summed E-state index contributed by atoms with van der Waals surface area (Å²) in [6.45, 7) is 29.5. The maximum Gasteiger partial charge on any atom is 0.130 e. The largest absolute Gasteiger partial charge is 0.260 e. The van der Waals surface area contributed by atoms with Crippen LogP contribution in [-0.4, -0.2) is 24.9 Å². The molecule has 5 heteroatoms. The van der Waals surface area contributed by atoms with E-state index in [1.807, 2.05) is 45.6 Å². The van der Waals surface area contributed by atoms with Gasteiger partial charge in [-0.2, -0.15) is 0 Å². The van der Waals surface area contributed by atoms with Crippen molar-refractivity contribution in [2.24, 2.45) is 0 Å². The summed E-state index contributed by atoms with van der Waals surface area (Å²) in [6.07, 6.45) is 7.45. The molecule has 0 bridgehead atoms. The van der Waals surface area contributed by atoms with E-state index in [-0.39, 0.29) is 0 Å². The third-order valence-electron chi connectivity index (χ3n) is 6.58. The third-order valence-corrected chi connectivity index (χ3v) is 6.58. The molecule has 0 spiro atoms. The van der Waals surface area contributed by atoms with Crippen molar-refractivity contribution >= 4 is 0 Å². The minimum absolute atomic E-state index is 0.431. The number of benzene rings is 1. The molecule has 0 fully saturated rings. The Morgan fingerprint density at radius 1 is 0.500 bits per heavy atom. The molecule has 0 aliphatic rings. The van der Waals surface area contributed by atoms with Crippen LogP contribution in [0, 0.1) is 41.5 Å². The number of aromatic nitrogens is 5. The first-order valence-electron chi connectivity index (χ1n) is 15.2. The number of hydrogen-bond acceptors (Lipinski definition) is 5. The van der Waals surface area contributed by atoms with Crippen molar-refractivity contribution < 1.29 is 0 Å². The van der Waals surface area contributed by atoms with Crippen LogP contribution in [0.25, 0.3) is 0 Å². The minimum atomic E-state index is 0.431. The number of nitrogens with zero attached hydrogens (tertiary/aromatic N) is 5. The van der Waals surface area contributed by atoms with Gasteiger partial charge in [-0.3, -0.25) is 15.0 Å².